The summed E-state index contributed by atoms with van der Waals surface area (Å²) in [6, 6.07) is 0. The Morgan fingerprint density at radius 1 is 1.33 bits per heavy atom. The first-order chi connectivity index (χ1) is 7.00. The van der Waals surface area contributed by atoms with E-state index >= 15 is 0 Å². The summed E-state index contributed by atoms with van der Waals surface area (Å²) < 4.78 is 11.8. The molecule has 1 saturated heterocycles. The second-order valence-electron chi connectivity index (χ2n) is 4.54. The Hall–Kier alpha value is 0.427. The molecule has 0 radical (unpaired) electrons. The SMILES string of the molecule is CCC(C)[Si](C)(Cl)C1(CC)OCCCO1. The highest BCUT2D eigenvalue weighted by molar-refractivity contribution is 7.21. The summed E-state index contributed by atoms with van der Waals surface area (Å²) in [6.07, 6.45) is 2.95. The van der Waals surface area contributed by atoms with Gasteiger partial charge in [0.05, 0.1) is 13.2 Å². The average molecular weight is 251 g/mol. The van der Waals surface area contributed by atoms with E-state index in [1.165, 1.54) is 0 Å². The molecule has 0 aromatic heterocycles. The number of hydrogen-bond acceptors (Lipinski definition) is 2. The van der Waals surface area contributed by atoms with Crippen molar-refractivity contribution in [3.8, 4) is 0 Å². The zero-order chi connectivity index (χ0) is 11.5. The summed E-state index contributed by atoms with van der Waals surface area (Å²) in [4.78, 5) is 0. The summed E-state index contributed by atoms with van der Waals surface area (Å²) in [6.45, 7) is 10.3. The number of hydrogen-bond donors (Lipinski definition) is 0. The van der Waals surface area contributed by atoms with Crippen LogP contribution in [-0.2, 0) is 9.47 Å². The van der Waals surface area contributed by atoms with Crippen molar-refractivity contribution in [1.29, 1.82) is 0 Å². The lowest BCUT2D eigenvalue weighted by atomic mass is 10.4. The van der Waals surface area contributed by atoms with Crippen molar-refractivity contribution in [2.45, 2.75) is 57.5 Å². The molecule has 0 N–H and O–H groups in total. The average Bonchev–Trinajstić information content (AvgIpc) is 2.28. The zero-order valence-corrected chi connectivity index (χ0v) is 12.1. The summed E-state index contributed by atoms with van der Waals surface area (Å²) in [5.74, 6) is 0. The minimum Gasteiger partial charge on any atom is -0.352 e. The molecule has 1 heterocycles. The Labute approximate surface area is 99.0 Å². The summed E-state index contributed by atoms with van der Waals surface area (Å²) in [7, 11) is -2.03. The Morgan fingerprint density at radius 3 is 2.27 bits per heavy atom. The first kappa shape index (κ1) is 13.5. The van der Waals surface area contributed by atoms with E-state index < -0.39 is 12.8 Å². The molecular weight excluding hydrogens is 228 g/mol. The monoisotopic (exact) mass is 250 g/mol. The van der Waals surface area contributed by atoms with Crippen LogP contribution >= 0.6 is 11.1 Å². The molecule has 15 heavy (non-hydrogen) atoms. The summed E-state index contributed by atoms with van der Waals surface area (Å²) in [5, 5.41) is 0. The lowest BCUT2D eigenvalue weighted by molar-refractivity contribution is -0.220. The van der Waals surface area contributed by atoms with Crippen LogP contribution in [0.3, 0.4) is 0 Å². The standard InChI is InChI=1S/C11H23ClO2Si/c1-5-10(3)15(4,12)11(6-2)13-8-7-9-14-11/h10H,5-9H2,1-4H3. The van der Waals surface area contributed by atoms with Gasteiger partial charge in [-0.25, -0.2) is 0 Å². The lowest BCUT2D eigenvalue weighted by Gasteiger charge is -2.47. The second-order valence-corrected chi connectivity index (χ2v) is 10.8. The molecule has 4 heteroatoms. The third-order valence-corrected chi connectivity index (χ3v) is 10.1. The van der Waals surface area contributed by atoms with Gasteiger partial charge in [-0.05, 0) is 18.4 Å². The van der Waals surface area contributed by atoms with Gasteiger partial charge in [-0.1, -0.05) is 33.7 Å². The van der Waals surface area contributed by atoms with Gasteiger partial charge in [-0.15, -0.1) is 0 Å². The highest BCUT2D eigenvalue weighted by Crippen LogP contribution is 2.43. The van der Waals surface area contributed by atoms with Crippen molar-refractivity contribution in [3.63, 3.8) is 0 Å². The predicted molar refractivity (Wildman–Crippen MR) is 66.7 cm³/mol. The zero-order valence-electron chi connectivity index (χ0n) is 10.3. The molecule has 1 aliphatic rings. The Balaban J connectivity index is 2.87. The number of rotatable bonds is 4. The van der Waals surface area contributed by atoms with Gasteiger partial charge in [0.1, 0.15) is 0 Å². The minimum absolute atomic E-state index is 0.456. The van der Waals surface area contributed by atoms with Gasteiger partial charge >= 0.3 is 0 Å². The van der Waals surface area contributed by atoms with Crippen LogP contribution in [-0.4, -0.2) is 26.0 Å². The van der Waals surface area contributed by atoms with Crippen molar-refractivity contribution in [2.75, 3.05) is 13.2 Å². The Morgan fingerprint density at radius 2 is 1.87 bits per heavy atom. The molecule has 2 unspecified atom stereocenters. The van der Waals surface area contributed by atoms with E-state index in [0.29, 0.717) is 5.54 Å². The van der Waals surface area contributed by atoms with E-state index in [4.69, 9.17) is 20.6 Å². The van der Waals surface area contributed by atoms with Crippen molar-refractivity contribution in [1.82, 2.24) is 0 Å². The minimum atomic E-state index is -2.03. The molecule has 1 rings (SSSR count). The van der Waals surface area contributed by atoms with E-state index in [9.17, 15) is 0 Å². The van der Waals surface area contributed by atoms with Gasteiger partial charge in [0, 0.05) is 0 Å². The molecule has 0 saturated carbocycles. The third kappa shape index (κ3) is 2.41. The highest BCUT2D eigenvalue weighted by atomic mass is 35.6. The normalized spacial score (nSPS) is 27.0. The fourth-order valence-electron chi connectivity index (χ4n) is 2.17. The van der Waals surface area contributed by atoms with E-state index in [-0.39, 0.29) is 0 Å². The Kier molecular flexibility index (Phi) is 4.65. The first-order valence-electron chi connectivity index (χ1n) is 5.97. The van der Waals surface area contributed by atoms with Crippen LogP contribution in [0.2, 0.25) is 12.1 Å². The van der Waals surface area contributed by atoms with Crippen LogP contribution < -0.4 is 0 Å². The van der Waals surface area contributed by atoms with Crippen molar-refractivity contribution in [2.24, 2.45) is 0 Å². The first-order valence-corrected chi connectivity index (χ1v) is 9.56. The molecular formula is C11H23ClO2Si. The van der Waals surface area contributed by atoms with Crippen molar-refractivity contribution < 1.29 is 9.47 Å². The summed E-state index contributed by atoms with van der Waals surface area (Å²) >= 11 is 6.81. The molecule has 2 nitrogen and oxygen atoms in total. The second kappa shape index (κ2) is 5.17. The number of halogens is 1. The lowest BCUT2D eigenvalue weighted by Crippen LogP contribution is -2.60. The van der Waals surface area contributed by atoms with Gasteiger partial charge in [-0.2, -0.15) is 11.1 Å². The molecule has 1 aliphatic heterocycles. The van der Waals surface area contributed by atoms with Crippen LogP contribution in [0, 0.1) is 0 Å². The highest BCUT2D eigenvalue weighted by Gasteiger charge is 2.54. The quantitative estimate of drug-likeness (QED) is 0.560. The van der Waals surface area contributed by atoms with Gasteiger partial charge in [0.25, 0.3) is 0 Å². The predicted octanol–water partition coefficient (Wildman–Crippen LogP) is 3.68. The third-order valence-electron chi connectivity index (χ3n) is 3.71. The van der Waals surface area contributed by atoms with E-state index in [0.717, 1.165) is 32.5 Å². The van der Waals surface area contributed by atoms with E-state index in [1.54, 1.807) is 0 Å². The van der Waals surface area contributed by atoms with Gasteiger partial charge < -0.3 is 9.47 Å². The molecule has 0 aromatic carbocycles. The van der Waals surface area contributed by atoms with Crippen molar-refractivity contribution >= 4 is 18.5 Å². The molecule has 0 bridgehead atoms. The fraction of sp³-hybridized carbons (Fsp3) is 1.00. The van der Waals surface area contributed by atoms with Gasteiger partial charge in [0.2, 0.25) is 7.38 Å². The van der Waals surface area contributed by atoms with Crippen LogP contribution in [0.4, 0.5) is 0 Å². The van der Waals surface area contributed by atoms with Crippen LogP contribution in [0.5, 0.6) is 0 Å². The molecule has 1 fully saturated rings. The topological polar surface area (TPSA) is 18.5 Å². The fourth-order valence-corrected chi connectivity index (χ4v) is 6.33. The van der Waals surface area contributed by atoms with Gasteiger partial charge in [0.15, 0.2) is 5.41 Å². The molecule has 0 spiro atoms. The smallest absolute Gasteiger partial charge is 0.223 e. The van der Waals surface area contributed by atoms with E-state index in [2.05, 4.69) is 27.3 Å². The maximum absolute atomic E-state index is 6.81. The van der Waals surface area contributed by atoms with Crippen LogP contribution in [0.25, 0.3) is 0 Å². The number of ether oxygens (including phenoxy) is 2. The Bertz CT molecular complexity index is 203. The van der Waals surface area contributed by atoms with Crippen LogP contribution in [0.1, 0.15) is 40.0 Å². The van der Waals surface area contributed by atoms with Crippen molar-refractivity contribution in [3.05, 3.63) is 0 Å². The molecule has 0 aromatic rings. The summed E-state index contributed by atoms with van der Waals surface area (Å²) in [5.41, 5.74) is 0.0552. The largest absolute Gasteiger partial charge is 0.352 e. The molecule has 0 amide bonds. The van der Waals surface area contributed by atoms with E-state index in [1.807, 2.05) is 0 Å². The van der Waals surface area contributed by atoms with Gasteiger partial charge in [-0.3, -0.25) is 0 Å². The molecule has 0 aliphatic carbocycles. The maximum Gasteiger partial charge on any atom is 0.223 e. The van der Waals surface area contributed by atoms with Crippen LogP contribution in [0.15, 0.2) is 0 Å². The maximum atomic E-state index is 6.81. The molecule has 90 valence electrons. The molecule has 2 atom stereocenters.